The molecule has 0 N–H and O–H groups in total. The zero-order valence-electron chi connectivity index (χ0n) is 8.67. The number of methoxy groups -OCH3 is 1. The van der Waals surface area contributed by atoms with Crippen molar-refractivity contribution in [3.63, 3.8) is 0 Å². The number of hydrogen-bond donors (Lipinski definition) is 0. The monoisotopic (exact) mass is 212 g/mol. The predicted molar refractivity (Wildman–Crippen MR) is 54.5 cm³/mol. The molecule has 1 saturated carbocycles. The van der Waals surface area contributed by atoms with Gasteiger partial charge in [-0.3, -0.25) is 0 Å². The summed E-state index contributed by atoms with van der Waals surface area (Å²) in [7, 11) is 1.60. The molecule has 0 saturated heterocycles. The predicted octanol–water partition coefficient (Wildman–Crippen LogP) is 3.60. The van der Waals surface area contributed by atoms with E-state index in [9.17, 15) is 8.78 Å². The van der Waals surface area contributed by atoms with Crippen molar-refractivity contribution in [2.24, 2.45) is 0 Å². The molecule has 1 unspecified atom stereocenters. The molecule has 1 atom stereocenters. The summed E-state index contributed by atoms with van der Waals surface area (Å²) in [4.78, 5) is 0. The van der Waals surface area contributed by atoms with Crippen molar-refractivity contribution in [1.82, 2.24) is 0 Å². The highest BCUT2D eigenvalue weighted by atomic mass is 19.3. The zero-order valence-corrected chi connectivity index (χ0v) is 8.67. The van der Waals surface area contributed by atoms with Crippen LogP contribution in [0.5, 0.6) is 5.75 Å². The lowest BCUT2D eigenvalue weighted by atomic mass is 9.97. The van der Waals surface area contributed by atoms with Crippen LogP contribution in [0.3, 0.4) is 0 Å². The first kappa shape index (κ1) is 10.4. The van der Waals surface area contributed by atoms with Gasteiger partial charge < -0.3 is 4.74 Å². The largest absolute Gasteiger partial charge is 0.497 e. The summed E-state index contributed by atoms with van der Waals surface area (Å²) in [5.41, 5.74) is 0.993. The first-order valence-corrected chi connectivity index (χ1v) is 5.12. The Morgan fingerprint density at radius 3 is 2.40 bits per heavy atom. The van der Waals surface area contributed by atoms with Crippen molar-refractivity contribution < 1.29 is 13.5 Å². The molecule has 15 heavy (non-hydrogen) atoms. The Morgan fingerprint density at radius 1 is 1.27 bits per heavy atom. The first-order valence-electron chi connectivity index (χ1n) is 5.12. The van der Waals surface area contributed by atoms with E-state index in [4.69, 9.17) is 4.74 Å². The van der Waals surface area contributed by atoms with Gasteiger partial charge in [0.05, 0.1) is 7.11 Å². The van der Waals surface area contributed by atoms with Gasteiger partial charge in [0, 0.05) is 12.8 Å². The summed E-state index contributed by atoms with van der Waals surface area (Å²) in [5, 5.41) is 0. The lowest BCUT2D eigenvalue weighted by Crippen LogP contribution is -2.09. The Balaban J connectivity index is 2.11. The molecule has 1 aromatic carbocycles. The second-order valence-corrected chi connectivity index (χ2v) is 4.07. The van der Waals surface area contributed by atoms with E-state index in [0.717, 1.165) is 11.3 Å². The maximum Gasteiger partial charge on any atom is 0.248 e. The van der Waals surface area contributed by atoms with E-state index in [1.807, 2.05) is 24.3 Å². The van der Waals surface area contributed by atoms with E-state index >= 15 is 0 Å². The summed E-state index contributed by atoms with van der Waals surface area (Å²) in [6.45, 7) is 0. The summed E-state index contributed by atoms with van der Waals surface area (Å²) in [6.07, 6.45) is 0.586. The molecule has 0 spiro atoms. The Kier molecular flexibility index (Phi) is 2.63. The zero-order chi connectivity index (χ0) is 10.9. The van der Waals surface area contributed by atoms with E-state index < -0.39 is 5.92 Å². The Labute approximate surface area is 88.1 Å². The van der Waals surface area contributed by atoms with Crippen LogP contribution in [0.25, 0.3) is 0 Å². The van der Waals surface area contributed by atoms with E-state index in [1.165, 1.54) is 0 Å². The van der Waals surface area contributed by atoms with Gasteiger partial charge in [-0.1, -0.05) is 12.1 Å². The molecule has 82 valence electrons. The fourth-order valence-electron chi connectivity index (χ4n) is 2.11. The molecule has 0 radical (unpaired) electrons. The minimum absolute atomic E-state index is 0.00547. The number of hydrogen-bond acceptors (Lipinski definition) is 1. The average molecular weight is 212 g/mol. The molecule has 0 heterocycles. The molecule has 1 nitrogen and oxygen atoms in total. The number of alkyl halides is 2. The molecular formula is C12H14F2O. The number of halogens is 2. The quantitative estimate of drug-likeness (QED) is 0.727. The van der Waals surface area contributed by atoms with Crippen LogP contribution in [0.1, 0.15) is 30.7 Å². The van der Waals surface area contributed by atoms with Crippen molar-refractivity contribution in [3.05, 3.63) is 29.8 Å². The van der Waals surface area contributed by atoms with Crippen LogP contribution in [0, 0.1) is 0 Å². The Hall–Kier alpha value is -1.12. The van der Waals surface area contributed by atoms with Gasteiger partial charge in [0.2, 0.25) is 5.92 Å². The highest BCUT2D eigenvalue weighted by molar-refractivity contribution is 5.30. The van der Waals surface area contributed by atoms with Gasteiger partial charge in [-0.05, 0) is 30.0 Å². The van der Waals surface area contributed by atoms with Crippen LogP contribution in [0.2, 0.25) is 0 Å². The van der Waals surface area contributed by atoms with Crippen LogP contribution in [-0.2, 0) is 0 Å². The van der Waals surface area contributed by atoms with Crippen LogP contribution < -0.4 is 4.74 Å². The van der Waals surface area contributed by atoms with Gasteiger partial charge in [0.25, 0.3) is 0 Å². The molecule has 2 rings (SSSR count). The maximum absolute atomic E-state index is 13.0. The molecule has 1 aromatic rings. The highest BCUT2D eigenvalue weighted by Gasteiger charge is 2.39. The third kappa shape index (κ3) is 2.28. The van der Waals surface area contributed by atoms with Crippen molar-refractivity contribution in [2.75, 3.05) is 7.11 Å². The summed E-state index contributed by atoms with van der Waals surface area (Å²) < 4.78 is 31.0. The second kappa shape index (κ2) is 3.80. The van der Waals surface area contributed by atoms with Gasteiger partial charge >= 0.3 is 0 Å². The SMILES string of the molecule is COc1ccc(C2CCC(F)(F)C2)cc1. The molecule has 1 fully saturated rings. The van der Waals surface area contributed by atoms with Crippen molar-refractivity contribution >= 4 is 0 Å². The molecule has 0 bridgehead atoms. The summed E-state index contributed by atoms with van der Waals surface area (Å²) in [5.74, 6) is -1.70. The smallest absolute Gasteiger partial charge is 0.248 e. The normalized spacial score (nSPS) is 24.1. The molecule has 3 heteroatoms. The van der Waals surface area contributed by atoms with E-state index in [1.54, 1.807) is 7.11 Å². The molecule has 0 amide bonds. The lowest BCUT2D eigenvalue weighted by molar-refractivity contribution is 0.00777. The van der Waals surface area contributed by atoms with Crippen LogP contribution in [-0.4, -0.2) is 13.0 Å². The topological polar surface area (TPSA) is 9.23 Å². The van der Waals surface area contributed by atoms with Crippen LogP contribution >= 0.6 is 0 Å². The maximum atomic E-state index is 13.0. The number of rotatable bonds is 2. The van der Waals surface area contributed by atoms with Crippen molar-refractivity contribution in [3.8, 4) is 5.75 Å². The number of ether oxygens (including phenoxy) is 1. The summed E-state index contributed by atoms with van der Waals surface area (Å²) in [6, 6.07) is 7.41. The molecular weight excluding hydrogens is 198 g/mol. The number of benzene rings is 1. The first-order chi connectivity index (χ1) is 7.11. The van der Waals surface area contributed by atoms with E-state index in [0.29, 0.717) is 6.42 Å². The van der Waals surface area contributed by atoms with Crippen LogP contribution in [0.4, 0.5) is 8.78 Å². The van der Waals surface area contributed by atoms with Gasteiger partial charge in [-0.15, -0.1) is 0 Å². The molecule has 1 aliphatic carbocycles. The van der Waals surface area contributed by atoms with Gasteiger partial charge in [-0.25, -0.2) is 8.78 Å². The van der Waals surface area contributed by atoms with Gasteiger partial charge in [-0.2, -0.15) is 0 Å². The van der Waals surface area contributed by atoms with Gasteiger partial charge in [0.1, 0.15) is 5.75 Å². The lowest BCUT2D eigenvalue weighted by Gasteiger charge is -2.11. The van der Waals surface area contributed by atoms with Crippen molar-refractivity contribution in [2.45, 2.75) is 31.1 Å². The fourth-order valence-corrected chi connectivity index (χ4v) is 2.11. The average Bonchev–Trinajstić information content (AvgIpc) is 2.59. The third-order valence-corrected chi connectivity index (χ3v) is 2.99. The van der Waals surface area contributed by atoms with Crippen LogP contribution in [0.15, 0.2) is 24.3 Å². The van der Waals surface area contributed by atoms with E-state index in [-0.39, 0.29) is 18.8 Å². The molecule has 0 aromatic heterocycles. The fraction of sp³-hybridized carbons (Fsp3) is 0.500. The van der Waals surface area contributed by atoms with E-state index in [2.05, 4.69) is 0 Å². The molecule has 1 aliphatic rings. The summed E-state index contributed by atoms with van der Waals surface area (Å²) >= 11 is 0. The highest BCUT2D eigenvalue weighted by Crippen LogP contribution is 2.44. The second-order valence-electron chi connectivity index (χ2n) is 4.07. The minimum atomic E-state index is -2.47. The Bertz CT molecular complexity index is 332. The minimum Gasteiger partial charge on any atom is -0.497 e. The Morgan fingerprint density at radius 2 is 1.93 bits per heavy atom. The third-order valence-electron chi connectivity index (χ3n) is 2.99. The standard InChI is InChI=1S/C12H14F2O/c1-15-11-4-2-9(3-5-11)10-6-7-12(13,14)8-10/h2-5,10H,6-8H2,1H3. The van der Waals surface area contributed by atoms with Crippen molar-refractivity contribution in [1.29, 1.82) is 0 Å². The molecule has 0 aliphatic heterocycles. The van der Waals surface area contributed by atoms with Gasteiger partial charge in [0.15, 0.2) is 0 Å².